The molecule has 0 rings (SSSR count). The van der Waals surface area contributed by atoms with Crippen molar-refractivity contribution in [2.45, 2.75) is 64.9 Å². The molecule has 0 fully saturated rings. The van der Waals surface area contributed by atoms with Crippen LogP contribution in [0.15, 0.2) is 0 Å². The maximum atomic E-state index is 12.2. The number of nitrogens with zero attached hydrogens (tertiary/aromatic N) is 1. The predicted molar refractivity (Wildman–Crippen MR) is 58.3 cm³/mol. The molecule has 0 aromatic carbocycles. The zero-order chi connectivity index (χ0) is 13.1. The van der Waals surface area contributed by atoms with Crippen molar-refractivity contribution in [2.24, 2.45) is 0 Å². The van der Waals surface area contributed by atoms with Gasteiger partial charge in [-0.05, 0) is 34.6 Å². The molecule has 0 aromatic rings. The first kappa shape index (κ1) is 19.6. The molecule has 0 spiro atoms. The summed E-state index contributed by atoms with van der Waals surface area (Å²) in [5, 5.41) is 9.76. The van der Waals surface area contributed by atoms with Gasteiger partial charge in [0.05, 0.1) is 12.0 Å². The Morgan fingerprint density at radius 2 is 1.41 bits per heavy atom. The Hall–Kier alpha value is 0.216. The third-order valence-electron chi connectivity index (χ3n) is 2.43. The van der Waals surface area contributed by atoms with E-state index in [1.165, 1.54) is 6.92 Å². The van der Waals surface area contributed by atoms with E-state index in [0.717, 1.165) is 0 Å². The quantitative estimate of drug-likeness (QED) is 0.844. The summed E-state index contributed by atoms with van der Waals surface area (Å²) in [4.78, 5) is 1.85. The Morgan fingerprint density at radius 1 is 1.06 bits per heavy atom. The van der Waals surface area contributed by atoms with Gasteiger partial charge in [0.2, 0.25) is 0 Å². The average Bonchev–Trinajstić information content (AvgIpc) is 1.94. The van der Waals surface area contributed by atoms with Crippen molar-refractivity contribution >= 4 is 0 Å². The Kier molecular flexibility index (Phi) is 8.01. The number of alkyl halides is 3. The third kappa shape index (κ3) is 8.88. The molecule has 1 atom stereocenters. The van der Waals surface area contributed by atoms with Gasteiger partial charge in [0.1, 0.15) is 0 Å². The van der Waals surface area contributed by atoms with E-state index in [9.17, 15) is 18.3 Å². The fourth-order valence-electron chi connectivity index (χ4n) is 1.84. The van der Waals surface area contributed by atoms with Gasteiger partial charge in [0, 0.05) is 35.4 Å². The van der Waals surface area contributed by atoms with Gasteiger partial charge in [-0.1, -0.05) is 0 Å². The largest absolute Gasteiger partial charge is 0.391 e. The fraction of sp³-hybridized carbons (Fsp3) is 1.00. The number of rotatable bonds is 5. The Balaban J connectivity index is 0. The number of halogens is 3. The van der Waals surface area contributed by atoms with Crippen LogP contribution in [0, 0.1) is 0 Å². The van der Waals surface area contributed by atoms with Crippen molar-refractivity contribution in [2.75, 3.05) is 6.54 Å². The summed E-state index contributed by atoms with van der Waals surface area (Å²) >= 11 is 0. The van der Waals surface area contributed by atoms with Gasteiger partial charge in [0.15, 0.2) is 0 Å². The van der Waals surface area contributed by atoms with E-state index >= 15 is 0 Å². The first-order valence-corrected chi connectivity index (χ1v) is 5.49. The standard InChI is InChI=1S/C11H22F3NO.Co/c1-8(2)15(9(3)4)7-10(5,16)6-11(12,13)14;/h8-9,16H,6-7H2,1-5H3;. The minimum Gasteiger partial charge on any atom is -0.388 e. The van der Waals surface area contributed by atoms with Crippen LogP contribution in [0.2, 0.25) is 0 Å². The molecule has 1 unspecified atom stereocenters. The van der Waals surface area contributed by atoms with E-state index in [1.54, 1.807) is 0 Å². The van der Waals surface area contributed by atoms with Gasteiger partial charge < -0.3 is 5.11 Å². The van der Waals surface area contributed by atoms with Crippen molar-refractivity contribution in [3.8, 4) is 0 Å². The summed E-state index contributed by atoms with van der Waals surface area (Å²) in [6.45, 7) is 8.89. The Morgan fingerprint density at radius 3 is 1.65 bits per heavy atom. The Labute approximate surface area is 112 Å². The van der Waals surface area contributed by atoms with Crippen LogP contribution in [0.5, 0.6) is 0 Å². The number of aliphatic hydroxyl groups is 1. The van der Waals surface area contributed by atoms with Crippen molar-refractivity contribution in [3.05, 3.63) is 0 Å². The molecule has 0 aliphatic heterocycles. The zero-order valence-corrected chi connectivity index (χ0v) is 12.0. The maximum Gasteiger partial charge on any atom is 0.391 e. The normalized spacial score (nSPS) is 16.2. The van der Waals surface area contributed by atoms with Crippen LogP contribution in [-0.2, 0) is 16.8 Å². The zero-order valence-electron chi connectivity index (χ0n) is 10.9. The van der Waals surface area contributed by atoms with Crippen LogP contribution < -0.4 is 0 Å². The minimum absolute atomic E-state index is 0. The molecule has 0 aliphatic rings. The van der Waals surface area contributed by atoms with E-state index in [1.807, 2.05) is 32.6 Å². The maximum absolute atomic E-state index is 12.2. The molecule has 0 aliphatic carbocycles. The summed E-state index contributed by atoms with van der Waals surface area (Å²) in [6.07, 6.45) is -5.50. The van der Waals surface area contributed by atoms with E-state index in [4.69, 9.17) is 0 Å². The second-order valence-corrected chi connectivity index (χ2v) is 5.15. The smallest absolute Gasteiger partial charge is 0.388 e. The second kappa shape index (κ2) is 6.97. The van der Waals surface area contributed by atoms with Gasteiger partial charge in [0.25, 0.3) is 0 Å². The van der Waals surface area contributed by atoms with Crippen molar-refractivity contribution in [1.29, 1.82) is 0 Å². The SMILES string of the molecule is CC(C)N(CC(C)(O)CC(F)(F)F)C(C)C.[Co]. The molecule has 0 amide bonds. The monoisotopic (exact) mass is 300 g/mol. The van der Waals surface area contributed by atoms with E-state index in [0.29, 0.717) is 0 Å². The fourth-order valence-corrected chi connectivity index (χ4v) is 1.84. The van der Waals surface area contributed by atoms with Crippen LogP contribution in [-0.4, -0.2) is 40.4 Å². The molecule has 1 N–H and O–H groups in total. The van der Waals surface area contributed by atoms with E-state index in [-0.39, 0.29) is 35.4 Å². The predicted octanol–water partition coefficient (Wildman–Crippen LogP) is 2.81. The first-order chi connectivity index (χ1) is 6.94. The van der Waals surface area contributed by atoms with Crippen LogP contribution in [0.4, 0.5) is 13.2 Å². The molecule has 0 aromatic heterocycles. The van der Waals surface area contributed by atoms with Crippen molar-refractivity contribution in [3.63, 3.8) is 0 Å². The minimum atomic E-state index is -4.33. The molecule has 0 saturated carbocycles. The van der Waals surface area contributed by atoms with E-state index < -0.39 is 18.2 Å². The van der Waals surface area contributed by atoms with Crippen LogP contribution in [0.3, 0.4) is 0 Å². The van der Waals surface area contributed by atoms with Gasteiger partial charge >= 0.3 is 6.18 Å². The van der Waals surface area contributed by atoms with Gasteiger partial charge in [-0.2, -0.15) is 13.2 Å². The molecule has 1 radical (unpaired) electrons. The molecule has 0 heterocycles. The summed E-state index contributed by atoms with van der Waals surface area (Å²) in [5.41, 5.74) is -1.73. The first-order valence-electron chi connectivity index (χ1n) is 5.49. The summed E-state index contributed by atoms with van der Waals surface area (Å²) in [6, 6.07) is 0.222. The molecule has 17 heavy (non-hydrogen) atoms. The second-order valence-electron chi connectivity index (χ2n) is 5.15. The molecule has 0 bridgehead atoms. The molecular formula is C11H22CoF3NO. The molecule has 107 valence electrons. The van der Waals surface area contributed by atoms with Crippen molar-refractivity contribution in [1.82, 2.24) is 4.90 Å². The molecular weight excluding hydrogens is 278 g/mol. The molecule has 2 nitrogen and oxygen atoms in total. The molecule has 6 heteroatoms. The third-order valence-corrected chi connectivity index (χ3v) is 2.43. The summed E-state index contributed by atoms with van der Waals surface area (Å²) in [7, 11) is 0. The average molecular weight is 300 g/mol. The summed E-state index contributed by atoms with van der Waals surface area (Å²) in [5.74, 6) is 0. The molecule has 0 saturated heterocycles. The van der Waals surface area contributed by atoms with Gasteiger partial charge in [-0.3, -0.25) is 4.90 Å². The Bertz CT molecular complexity index is 209. The summed E-state index contributed by atoms with van der Waals surface area (Å²) < 4.78 is 36.7. The van der Waals surface area contributed by atoms with Gasteiger partial charge in [-0.25, -0.2) is 0 Å². The van der Waals surface area contributed by atoms with Crippen LogP contribution >= 0.6 is 0 Å². The number of hydrogen-bond acceptors (Lipinski definition) is 2. The van der Waals surface area contributed by atoms with Crippen LogP contribution in [0.1, 0.15) is 41.0 Å². The van der Waals surface area contributed by atoms with Gasteiger partial charge in [-0.15, -0.1) is 0 Å². The number of hydrogen-bond donors (Lipinski definition) is 1. The van der Waals surface area contributed by atoms with Crippen LogP contribution in [0.25, 0.3) is 0 Å². The van der Waals surface area contributed by atoms with E-state index in [2.05, 4.69) is 0 Å². The topological polar surface area (TPSA) is 23.5 Å². The van der Waals surface area contributed by atoms with Crippen molar-refractivity contribution < 1.29 is 35.1 Å².